The van der Waals surface area contributed by atoms with Crippen molar-refractivity contribution in [3.63, 3.8) is 0 Å². The molecule has 0 spiro atoms. The van der Waals surface area contributed by atoms with Crippen molar-refractivity contribution >= 4 is 5.97 Å². The topological polar surface area (TPSA) is 52.3 Å². The zero-order valence-electron chi connectivity index (χ0n) is 9.42. The molecule has 0 saturated carbocycles. The van der Waals surface area contributed by atoms with Crippen LogP contribution in [-0.2, 0) is 9.53 Å². The first-order chi connectivity index (χ1) is 6.72. The fourth-order valence-electron chi connectivity index (χ4n) is 1.33. The Balaban J connectivity index is 3.34. The summed E-state index contributed by atoms with van der Waals surface area (Å²) in [4.78, 5) is 11.1. The summed E-state index contributed by atoms with van der Waals surface area (Å²) in [6.45, 7) is 4.40. The second-order valence-corrected chi connectivity index (χ2v) is 3.56. The normalized spacial score (nSPS) is 12.5. The Morgan fingerprint density at radius 2 is 1.86 bits per heavy atom. The average molecular weight is 201 g/mol. The van der Waals surface area contributed by atoms with Gasteiger partial charge in [-0.3, -0.25) is 4.79 Å². The Bertz CT molecular complexity index is 148. The molecule has 0 aromatic carbocycles. The van der Waals surface area contributed by atoms with Gasteiger partial charge in [-0.2, -0.15) is 0 Å². The van der Waals surface area contributed by atoms with Gasteiger partial charge in [-0.1, -0.05) is 39.0 Å². The standard InChI is InChI=1S/C11H23NO2/c1-3-5-6-7-8-9-10(12)11(13)14-4-2/h10H,3-9,12H2,1-2H3. The molecule has 3 nitrogen and oxygen atoms in total. The second kappa shape index (κ2) is 9.00. The largest absolute Gasteiger partial charge is 0.465 e. The molecule has 2 N–H and O–H groups in total. The highest BCUT2D eigenvalue weighted by Gasteiger charge is 2.13. The summed E-state index contributed by atoms with van der Waals surface area (Å²) in [5, 5.41) is 0. The summed E-state index contributed by atoms with van der Waals surface area (Å²) in [6.07, 6.45) is 6.70. The third-order valence-corrected chi connectivity index (χ3v) is 2.21. The van der Waals surface area contributed by atoms with Crippen LogP contribution in [0, 0.1) is 0 Å². The van der Waals surface area contributed by atoms with Crippen LogP contribution in [0.25, 0.3) is 0 Å². The summed E-state index contributed by atoms with van der Waals surface area (Å²) in [5.74, 6) is -0.261. The molecule has 1 atom stereocenters. The number of rotatable bonds is 8. The molecule has 14 heavy (non-hydrogen) atoms. The van der Waals surface area contributed by atoms with Crippen LogP contribution in [0.2, 0.25) is 0 Å². The summed E-state index contributed by atoms with van der Waals surface area (Å²) in [6, 6.07) is -0.420. The van der Waals surface area contributed by atoms with Crippen molar-refractivity contribution in [2.24, 2.45) is 5.73 Å². The minimum Gasteiger partial charge on any atom is -0.465 e. The first-order valence-corrected chi connectivity index (χ1v) is 5.64. The van der Waals surface area contributed by atoms with Crippen molar-refractivity contribution in [2.75, 3.05) is 6.61 Å². The molecule has 0 bridgehead atoms. The predicted octanol–water partition coefficient (Wildman–Crippen LogP) is 2.24. The number of carbonyl (C=O) groups excluding carboxylic acids is 1. The van der Waals surface area contributed by atoms with Crippen LogP contribution in [0.1, 0.15) is 52.4 Å². The van der Waals surface area contributed by atoms with Gasteiger partial charge in [0.05, 0.1) is 6.61 Å². The van der Waals surface area contributed by atoms with E-state index < -0.39 is 6.04 Å². The highest BCUT2D eigenvalue weighted by Crippen LogP contribution is 2.06. The SMILES string of the molecule is CCCCCCCC(N)C(=O)OCC. The molecular formula is C11H23NO2. The molecule has 0 aliphatic carbocycles. The monoisotopic (exact) mass is 201 g/mol. The summed E-state index contributed by atoms with van der Waals surface area (Å²) in [7, 11) is 0. The summed E-state index contributed by atoms with van der Waals surface area (Å²) in [5.41, 5.74) is 5.64. The minimum atomic E-state index is -0.420. The van der Waals surface area contributed by atoms with E-state index in [0.29, 0.717) is 6.61 Å². The van der Waals surface area contributed by atoms with Gasteiger partial charge < -0.3 is 10.5 Å². The van der Waals surface area contributed by atoms with Crippen molar-refractivity contribution < 1.29 is 9.53 Å². The van der Waals surface area contributed by atoms with E-state index in [1.807, 2.05) is 0 Å². The van der Waals surface area contributed by atoms with Crippen molar-refractivity contribution in [3.8, 4) is 0 Å². The molecule has 0 radical (unpaired) electrons. The van der Waals surface area contributed by atoms with Crippen molar-refractivity contribution in [1.82, 2.24) is 0 Å². The lowest BCUT2D eigenvalue weighted by Crippen LogP contribution is -2.32. The van der Waals surface area contributed by atoms with Gasteiger partial charge in [0.1, 0.15) is 6.04 Å². The van der Waals surface area contributed by atoms with E-state index in [9.17, 15) is 4.79 Å². The maximum absolute atomic E-state index is 11.1. The Kier molecular flexibility index (Phi) is 8.64. The molecule has 3 heteroatoms. The van der Waals surface area contributed by atoms with E-state index in [2.05, 4.69) is 6.92 Å². The van der Waals surface area contributed by atoms with Crippen molar-refractivity contribution in [2.45, 2.75) is 58.4 Å². The van der Waals surface area contributed by atoms with E-state index >= 15 is 0 Å². The molecule has 0 heterocycles. The predicted molar refractivity (Wildman–Crippen MR) is 58.0 cm³/mol. The molecule has 0 saturated heterocycles. The van der Waals surface area contributed by atoms with Gasteiger partial charge in [-0.25, -0.2) is 0 Å². The van der Waals surface area contributed by atoms with Crippen LogP contribution < -0.4 is 5.73 Å². The van der Waals surface area contributed by atoms with E-state index in [0.717, 1.165) is 12.8 Å². The van der Waals surface area contributed by atoms with Crippen LogP contribution in [0.3, 0.4) is 0 Å². The first-order valence-electron chi connectivity index (χ1n) is 5.64. The van der Waals surface area contributed by atoms with Crippen LogP contribution in [0.15, 0.2) is 0 Å². The van der Waals surface area contributed by atoms with E-state index in [-0.39, 0.29) is 5.97 Å². The molecule has 84 valence electrons. The van der Waals surface area contributed by atoms with Gasteiger partial charge in [-0.05, 0) is 13.3 Å². The van der Waals surface area contributed by atoms with Gasteiger partial charge in [0.15, 0.2) is 0 Å². The zero-order valence-corrected chi connectivity index (χ0v) is 9.42. The van der Waals surface area contributed by atoms with Crippen LogP contribution in [0.5, 0.6) is 0 Å². The number of esters is 1. The van der Waals surface area contributed by atoms with Crippen LogP contribution in [0.4, 0.5) is 0 Å². The second-order valence-electron chi connectivity index (χ2n) is 3.56. The maximum atomic E-state index is 11.1. The molecule has 0 aliphatic heterocycles. The summed E-state index contributed by atoms with van der Waals surface area (Å²) < 4.78 is 4.82. The Morgan fingerprint density at radius 1 is 1.21 bits per heavy atom. The summed E-state index contributed by atoms with van der Waals surface area (Å²) >= 11 is 0. The lowest BCUT2D eigenvalue weighted by Gasteiger charge is -2.09. The minimum absolute atomic E-state index is 0.261. The molecule has 1 unspecified atom stereocenters. The third-order valence-electron chi connectivity index (χ3n) is 2.21. The van der Waals surface area contributed by atoms with Crippen molar-refractivity contribution in [3.05, 3.63) is 0 Å². The third kappa shape index (κ3) is 6.89. The van der Waals surface area contributed by atoms with Gasteiger partial charge in [0.25, 0.3) is 0 Å². The van der Waals surface area contributed by atoms with E-state index in [4.69, 9.17) is 10.5 Å². The number of hydrogen-bond acceptors (Lipinski definition) is 3. The number of ether oxygens (including phenoxy) is 1. The number of nitrogens with two attached hydrogens (primary N) is 1. The van der Waals surface area contributed by atoms with Crippen LogP contribution >= 0.6 is 0 Å². The lowest BCUT2D eigenvalue weighted by molar-refractivity contribution is -0.144. The first kappa shape index (κ1) is 13.4. The zero-order chi connectivity index (χ0) is 10.8. The smallest absolute Gasteiger partial charge is 0.322 e. The Morgan fingerprint density at radius 3 is 2.43 bits per heavy atom. The highest BCUT2D eigenvalue weighted by molar-refractivity contribution is 5.75. The number of carbonyl (C=O) groups is 1. The van der Waals surface area contributed by atoms with E-state index in [1.165, 1.54) is 25.7 Å². The van der Waals surface area contributed by atoms with Gasteiger partial charge in [0, 0.05) is 0 Å². The number of unbranched alkanes of at least 4 members (excludes halogenated alkanes) is 4. The lowest BCUT2D eigenvalue weighted by atomic mass is 10.1. The van der Waals surface area contributed by atoms with Crippen LogP contribution in [-0.4, -0.2) is 18.6 Å². The Hall–Kier alpha value is -0.570. The maximum Gasteiger partial charge on any atom is 0.322 e. The van der Waals surface area contributed by atoms with E-state index in [1.54, 1.807) is 6.92 Å². The molecule has 0 aromatic rings. The molecule has 0 rings (SSSR count). The molecule has 0 amide bonds. The fraction of sp³-hybridized carbons (Fsp3) is 0.909. The van der Waals surface area contributed by atoms with Crippen molar-refractivity contribution in [1.29, 1.82) is 0 Å². The molecule has 0 fully saturated rings. The number of hydrogen-bond donors (Lipinski definition) is 1. The Labute approximate surface area is 87.0 Å². The quantitative estimate of drug-likeness (QED) is 0.484. The molecule has 0 aliphatic rings. The van der Waals surface area contributed by atoms with Gasteiger partial charge in [0.2, 0.25) is 0 Å². The van der Waals surface area contributed by atoms with Gasteiger partial charge in [-0.15, -0.1) is 0 Å². The van der Waals surface area contributed by atoms with Gasteiger partial charge >= 0.3 is 5.97 Å². The molecule has 0 aromatic heterocycles. The fourth-order valence-corrected chi connectivity index (χ4v) is 1.33. The highest BCUT2D eigenvalue weighted by atomic mass is 16.5. The average Bonchev–Trinajstić information content (AvgIpc) is 2.17. The molecular weight excluding hydrogens is 178 g/mol.